The van der Waals surface area contributed by atoms with Gasteiger partial charge in [-0.3, -0.25) is 4.79 Å². The first-order valence-electron chi connectivity index (χ1n) is 5.17. The standard InChI is InChI=1S/C11H14N2O2S2/c1-8(2-4-14)17-7-10(15)13-11-9(6-12)3-5-16-11/h3,5,8,14H,2,4,7H2,1H3,(H,13,15). The van der Waals surface area contributed by atoms with Crippen molar-refractivity contribution in [2.45, 2.75) is 18.6 Å². The maximum absolute atomic E-state index is 11.6. The average molecular weight is 270 g/mol. The number of hydrogen-bond donors (Lipinski definition) is 2. The molecule has 0 spiro atoms. The number of aliphatic hydroxyl groups excluding tert-OH is 1. The molecule has 1 aromatic rings. The maximum atomic E-state index is 11.6. The molecule has 0 radical (unpaired) electrons. The Kier molecular flexibility index (Phi) is 6.05. The zero-order valence-corrected chi connectivity index (χ0v) is 11.1. The molecular weight excluding hydrogens is 256 g/mol. The molecule has 0 saturated carbocycles. The topological polar surface area (TPSA) is 73.1 Å². The van der Waals surface area contributed by atoms with E-state index in [-0.39, 0.29) is 17.8 Å². The van der Waals surface area contributed by atoms with Crippen LogP contribution in [0.3, 0.4) is 0 Å². The molecule has 2 N–H and O–H groups in total. The molecule has 6 heteroatoms. The minimum atomic E-state index is -0.112. The number of carbonyl (C=O) groups excluding carboxylic acids is 1. The second kappa shape index (κ2) is 7.33. The van der Waals surface area contributed by atoms with Crippen LogP contribution in [0.5, 0.6) is 0 Å². The van der Waals surface area contributed by atoms with E-state index in [4.69, 9.17) is 10.4 Å². The maximum Gasteiger partial charge on any atom is 0.235 e. The van der Waals surface area contributed by atoms with Gasteiger partial charge in [0, 0.05) is 11.9 Å². The second-order valence-corrected chi connectivity index (χ2v) is 5.80. The Bertz CT molecular complexity index is 412. The number of aliphatic hydroxyl groups is 1. The molecule has 1 unspecified atom stereocenters. The summed E-state index contributed by atoms with van der Waals surface area (Å²) in [5.41, 5.74) is 0.497. The molecule has 1 amide bonds. The largest absolute Gasteiger partial charge is 0.396 e. The Morgan fingerprint density at radius 2 is 2.53 bits per heavy atom. The quantitative estimate of drug-likeness (QED) is 0.830. The zero-order valence-electron chi connectivity index (χ0n) is 9.47. The highest BCUT2D eigenvalue weighted by Gasteiger charge is 2.10. The number of nitrogens with one attached hydrogen (secondary N) is 1. The van der Waals surface area contributed by atoms with Crippen molar-refractivity contribution in [3.63, 3.8) is 0 Å². The van der Waals surface area contributed by atoms with Crippen molar-refractivity contribution in [2.75, 3.05) is 17.7 Å². The van der Waals surface area contributed by atoms with Crippen LogP contribution < -0.4 is 5.32 Å². The molecule has 4 nitrogen and oxygen atoms in total. The van der Waals surface area contributed by atoms with Gasteiger partial charge in [0.05, 0.1) is 11.3 Å². The highest BCUT2D eigenvalue weighted by atomic mass is 32.2. The van der Waals surface area contributed by atoms with Gasteiger partial charge in [0.25, 0.3) is 0 Å². The number of rotatable bonds is 6. The predicted octanol–water partition coefficient (Wildman–Crippen LogP) is 2.06. The summed E-state index contributed by atoms with van der Waals surface area (Å²) in [5.74, 6) is 0.225. The molecule has 0 fully saturated rings. The molecule has 0 aliphatic heterocycles. The minimum Gasteiger partial charge on any atom is -0.396 e. The molecule has 1 aromatic heterocycles. The first kappa shape index (κ1) is 14.0. The van der Waals surface area contributed by atoms with Gasteiger partial charge in [0.15, 0.2) is 0 Å². The van der Waals surface area contributed by atoms with Gasteiger partial charge in [0.2, 0.25) is 5.91 Å². The fraction of sp³-hybridized carbons (Fsp3) is 0.455. The van der Waals surface area contributed by atoms with E-state index in [0.29, 0.717) is 22.7 Å². The third-order valence-corrected chi connectivity index (χ3v) is 4.14. The smallest absolute Gasteiger partial charge is 0.235 e. The molecule has 0 aromatic carbocycles. The number of amides is 1. The van der Waals surface area contributed by atoms with Crippen LogP contribution in [-0.4, -0.2) is 28.6 Å². The lowest BCUT2D eigenvalue weighted by molar-refractivity contribution is -0.113. The molecule has 1 heterocycles. The third-order valence-electron chi connectivity index (χ3n) is 2.07. The number of hydrogen-bond acceptors (Lipinski definition) is 5. The summed E-state index contributed by atoms with van der Waals surface area (Å²) >= 11 is 2.84. The Hall–Kier alpha value is -1.03. The third kappa shape index (κ3) is 4.77. The number of thiophene rings is 1. The van der Waals surface area contributed by atoms with Crippen LogP contribution in [0.15, 0.2) is 11.4 Å². The van der Waals surface area contributed by atoms with Crippen LogP contribution in [0, 0.1) is 11.3 Å². The van der Waals surface area contributed by atoms with Crippen molar-refractivity contribution in [2.24, 2.45) is 0 Å². The molecule has 0 bridgehead atoms. The van der Waals surface area contributed by atoms with Crippen molar-refractivity contribution >= 4 is 34.0 Å². The molecule has 0 aliphatic rings. The van der Waals surface area contributed by atoms with Gasteiger partial charge in [-0.05, 0) is 17.9 Å². The molecule has 0 saturated heterocycles. The monoisotopic (exact) mass is 270 g/mol. The number of nitrogens with zero attached hydrogens (tertiary/aromatic N) is 1. The lowest BCUT2D eigenvalue weighted by atomic mass is 10.3. The van der Waals surface area contributed by atoms with E-state index < -0.39 is 0 Å². The highest BCUT2D eigenvalue weighted by Crippen LogP contribution is 2.22. The number of thioether (sulfide) groups is 1. The van der Waals surface area contributed by atoms with Crippen molar-refractivity contribution < 1.29 is 9.90 Å². The van der Waals surface area contributed by atoms with Crippen molar-refractivity contribution in [1.29, 1.82) is 5.26 Å². The van der Waals surface area contributed by atoms with E-state index in [2.05, 4.69) is 5.32 Å². The lowest BCUT2D eigenvalue weighted by Gasteiger charge is -2.08. The normalized spacial score (nSPS) is 11.8. The predicted molar refractivity (Wildman–Crippen MR) is 71.3 cm³/mol. The van der Waals surface area contributed by atoms with Gasteiger partial charge in [-0.2, -0.15) is 5.26 Å². The highest BCUT2D eigenvalue weighted by molar-refractivity contribution is 8.00. The van der Waals surface area contributed by atoms with Crippen molar-refractivity contribution in [1.82, 2.24) is 0 Å². The van der Waals surface area contributed by atoms with Gasteiger partial charge in [0.1, 0.15) is 11.1 Å². The van der Waals surface area contributed by atoms with Gasteiger partial charge in [-0.1, -0.05) is 6.92 Å². The summed E-state index contributed by atoms with van der Waals surface area (Å²) in [4.78, 5) is 11.6. The van der Waals surface area contributed by atoms with Crippen LogP contribution in [-0.2, 0) is 4.79 Å². The SMILES string of the molecule is CC(CCO)SCC(=O)Nc1sccc1C#N. The number of anilines is 1. The Labute approximate surface area is 109 Å². The van der Waals surface area contributed by atoms with Gasteiger partial charge >= 0.3 is 0 Å². The van der Waals surface area contributed by atoms with Gasteiger partial charge < -0.3 is 10.4 Å². The van der Waals surface area contributed by atoms with Crippen LogP contribution in [0.4, 0.5) is 5.00 Å². The van der Waals surface area contributed by atoms with Crippen LogP contribution >= 0.6 is 23.1 Å². The fourth-order valence-corrected chi connectivity index (χ4v) is 2.67. The van der Waals surface area contributed by atoms with Gasteiger partial charge in [-0.25, -0.2) is 0 Å². The molecule has 0 aliphatic carbocycles. The summed E-state index contributed by atoms with van der Waals surface area (Å²) in [7, 11) is 0. The summed E-state index contributed by atoms with van der Waals surface area (Å²) in [6.45, 7) is 2.11. The zero-order chi connectivity index (χ0) is 12.7. The molecule has 1 atom stereocenters. The summed E-state index contributed by atoms with van der Waals surface area (Å²) in [6, 6.07) is 3.70. The Morgan fingerprint density at radius 1 is 1.76 bits per heavy atom. The van der Waals surface area contributed by atoms with E-state index in [9.17, 15) is 4.79 Å². The second-order valence-electron chi connectivity index (χ2n) is 3.46. The first-order chi connectivity index (χ1) is 8.17. The Morgan fingerprint density at radius 3 is 3.18 bits per heavy atom. The summed E-state index contributed by atoms with van der Waals surface area (Å²) in [5, 5.41) is 22.9. The van der Waals surface area contributed by atoms with Crippen LogP contribution in [0.1, 0.15) is 18.9 Å². The van der Waals surface area contributed by atoms with E-state index in [0.717, 1.165) is 0 Å². The minimum absolute atomic E-state index is 0.112. The van der Waals surface area contributed by atoms with E-state index >= 15 is 0 Å². The molecule has 92 valence electrons. The van der Waals surface area contributed by atoms with Crippen LogP contribution in [0.2, 0.25) is 0 Å². The van der Waals surface area contributed by atoms with Crippen molar-refractivity contribution in [3.05, 3.63) is 17.0 Å². The van der Waals surface area contributed by atoms with E-state index in [1.165, 1.54) is 23.1 Å². The average Bonchev–Trinajstić information content (AvgIpc) is 2.74. The fourth-order valence-electron chi connectivity index (χ4n) is 1.14. The first-order valence-corrected chi connectivity index (χ1v) is 7.10. The molecular formula is C11H14N2O2S2. The molecule has 1 rings (SSSR count). The van der Waals surface area contributed by atoms with Crippen LogP contribution in [0.25, 0.3) is 0 Å². The van der Waals surface area contributed by atoms with Crippen molar-refractivity contribution in [3.8, 4) is 6.07 Å². The summed E-state index contributed by atoms with van der Waals surface area (Å²) < 4.78 is 0. The Balaban J connectivity index is 2.38. The van der Waals surface area contributed by atoms with E-state index in [1.807, 2.05) is 13.0 Å². The summed E-state index contributed by atoms with van der Waals surface area (Å²) in [6.07, 6.45) is 0.681. The lowest BCUT2D eigenvalue weighted by Crippen LogP contribution is -2.16. The van der Waals surface area contributed by atoms with Gasteiger partial charge in [-0.15, -0.1) is 23.1 Å². The number of nitriles is 1. The number of carbonyl (C=O) groups is 1. The molecule has 17 heavy (non-hydrogen) atoms. The van der Waals surface area contributed by atoms with E-state index in [1.54, 1.807) is 11.4 Å².